The molecule has 0 aliphatic heterocycles. The summed E-state index contributed by atoms with van der Waals surface area (Å²) in [6, 6.07) is 10.1. The number of ether oxygens (including phenoxy) is 1. The summed E-state index contributed by atoms with van der Waals surface area (Å²) in [5, 5.41) is 0. The fourth-order valence-corrected chi connectivity index (χ4v) is 2.33. The third-order valence-electron chi connectivity index (χ3n) is 3.61. The second-order valence-electron chi connectivity index (χ2n) is 5.61. The number of carbonyl (C=O) groups excluding carboxylic acids is 2. The maximum Gasteiger partial charge on any atom is 0.305 e. The standard InChI is InChI=1S/C20H28O3/c1-2-23-20(22)15-11-6-4-3-5-10-14-19(21)17-16-18-12-8-7-9-13-18/h7-10,12-14H,2-6,11,15-17H2,1H3/b14-10+. The van der Waals surface area contributed by atoms with Crippen LogP contribution >= 0.6 is 0 Å². The van der Waals surface area contributed by atoms with Gasteiger partial charge in [0.2, 0.25) is 0 Å². The van der Waals surface area contributed by atoms with Crippen molar-refractivity contribution in [2.45, 2.75) is 58.3 Å². The monoisotopic (exact) mass is 316 g/mol. The quantitative estimate of drug-likeness (QED) is 0.320. The van der Waals surface area contributed by atoms with Gasteiger partial charge in [0.05, 0.1) is 6.61 Å². The van der Waals surface area contributed by atoms with Crippen LogP contribution < -0.4 is 0 Å². The number of carbonyl (C=O) groups is 2. The van der Waals surface area contributed by atoms with E-state index in [2.05, 4.69) is 0 Å². The zero-order valence-corrected chi connectivity index (χ0v) is 14.1. The van der Waals surface area contributed by atoms with E-state index >= 15 is 0 Å². The molecule has 1 aromatic carbocycles. The van der Waals surface area contributed by atoms with Crippen molar-refractivity contribution in [1.82, 2.24) is 0 Å². The maximum absolute atomic E-state index is 11.7. The van der Waals surface area contributed by atoms with Crippen LogP contribution in [0.4, 0.5) is 0 Å². The maximum atomic E-state index is 11.7. The molecule has 23 heavy (non-hydrogen) atoms. The van der Waals surface area contributed by atoms with Gasteiger partial charge in [-0.25, -0.2) is 0 Å². The molecule has 0 aromatic heterocycles. The summed E-state index contributed by atoms with van der Waals surface area (Å²) >= 11 is 0. The lowest BCUT2D eigenvalue weighted by molar-refractivity contribution is -0.143. The molecule has 0 aliphatic rings. The fourth-order valence-electron chi connectivity index (χ4n) is 2.33. The number of unbranched alkanes of at least 4 members (excludes halogenated alkanes) is 4. The van der Waals surface area contributed by atoms with E-state index in [-0.39, 0.29) is 11.8 Å². The van der Waals surface area contributed by atoms with Crippen LogP contribution in [0.5, 0.6) is 0 Å². The van der Waals surface area contributed by atoms with Crippen molar-refractivity contribution in [3.63, 3.8) is 0 Å². The second-order valence-corrected chi connectivity index (χ2v) is 5.61. The van der Waals surface area contributed by atoms with E-state index in [4.69, 9.17) is 4.74 Å². The number of ketones is 1. The normalized spacial score (nSPS) is 10.8. The van der Waals surface area contributed by atoms with E-state index < -0.39 is 0 Å². The number of hydrogen-bond donors (Lipinski definition) is 0. The Morgan fingerprint density at radius 1 is 1.00 bits per heavy atom. The van der Waals surface area contributed by atoms with Crippen molar-refractivity contribution >= 4 is 11.8 Å². The van der Waals surface area contributed by atoms with Gasteiger partial charge >= 0.3 is 5.97 Å². The van der Waals surface area contributed by atoms with Crippen LogP contribution in [0.15, 0.2) is 42.5 Å². The van der Waals surface area contributed by atoms with E-state index in [0.29, 0.717) is 19.4 Å². The first kappa shape index (κ1) is 19.1. The molecule has 3 nitrogen and oxygen atoms in total. The first-order valence-corrected chi connectivity index (χ1v) is 8.61. The molecule has 0 spiro atoms. The second kappa shape index (κ2) is 12.6. The van der Waals surface area contributed by atoms with Crippen LogP contribution in [0.2, 0.25) is 0 Å². The minimum absolute atomic E-state index is 0.101. The number of esters is 1. The molecule has 1 aromatic rings. The molecule has 0 aliphatic carbocycles. The van der Waals surface area contributed by atoms with Gasteiger partial charge in [-0.05, 0) is 44.2 Å². The number of rotatable bonds is 12. The van der Waals surface area contributed by atoms with Crippen molar-refractivity contribution < 1.29 is 14.3 Å². The average Bonchev–Trinajstić information content (AvgIpc) is 2.56. The summed E-state index contributed by atoms with van der Waals surface area (Å²) < 4.78 is 4.88. The van der Waals surface area contributed by atoms with Crippen molar-refractivity contribution in [2.75, 3.05) is 6.61 Å². The summed E-state index contributed by atoms with van der Waals surface area (Å²) in [7, 11) is 0. The molecule has 126 valence electrons. The molecule has 0 atom stereocenters. The minimum atomic E-state index is -0.101. The van der Waals surface area contributed by atoms with Gasteiger partial charge in [-0.15, -0.1) is 0 Å². The SMILES string of the molecule is CCOC(=O)CCCCCC/C=C/C(=O)CCc1ccccc1. The van der Waals surface area contributed by atoms with Crippen LogP contribution in [0.25, 0.3) is 0 Å². The van der Waals surface area contributed by atoms with Gasteiger partial charge in [-0.1, -0.05) is 49.2 Å². The molecular weight excluding hydrogens is 288 g/mol. The highest BCUT2D eigenvalue weighted by molar-refractivity contribution is 5.89. The van der Waals surface area contributed by atoms with Gasteiger partial charge in [0.25, 0.3) is 0 Å². The summed E-state index contributed by atoms with van der Waals surface area (Å²) in [5.74, 6) is 0.0903. The summed E-state index contributed by atoms with van der Waals surface area (Å²) in [4.78, 5) is 22.9. The highest BCUT2D eigenvalue weighted by Gasteiger charge is 2.00. The smallest absolute Gasteiger partial charge is 0.305 e. The van der Waals surface area contributed by atoms with E-state index in [9.17, 15) is 9.59 Å². The van der Waals surface area contributed by atoms with Crippen molar-refractivity contribution in [3.8, 4) is 0 Å². The highest BCUT2D eigenvalue weighted by Crippen LogP contribution is 2.07. The van der Waals surface area contributed by atoms with Gasteiger partial charge in [-0.3, -0.25) is 9.59 Å². The number of hydrogen-bond acceptors (Lipinski definition) is 3. The molecule has 0 fully saturated rings. The molecule has 0 unspecified atom stereocenters. The van der Waals surface area contributed by atoms with Crippen molar-refractivity contribution in [3.05, 3.63) is 48.0 Å². The van der Waals surface area contributed by atoms with Gasteiger partial charge < -0.3 is 4.74 Å². The Morgan fingerprint density at radius 2 is 1.74 bits per heavy atom. The van der Waals surface area contributed by atoms with Crippen LogP contribution in [-0.2, 0) is 20.7 Å². The Balaban J connectivity index is 1.99. The van der Waals surface area contributed by atoms with Crippen LogP contribution in [0.3, 0.4) is 0 Å². The predicted octanol–water partition coefficient (Wildman–Crippen LogP) is 4.65. The molecule has 3 heteroatoms. The Morgan fingerprint density at radius 3 is 2.48 bits per heavy atom. The fraction of sp³-hybridized carbons (Fsp3) is 0.500. The Bertz CT molecular complexity index is 477. The van der Waals surface area contributed by atoms with Crippen molar-refractivity contribution in [1.29, 1.82) is 0 Å². The third kappa shape index (κ3) is 10.5. The van der Waals surface area contributed by atoms with Crippen LogP contribution in [-0.4, -0.2) is 18.4 Å². The van der Waals surface area contributed by atoms with Gasteiger partial charge in [0.15, 0.2) is 5.78 Å². The molecule has 0 heterocycles. The van der Waals surface area contributed by atoms with Crippen LogP contribution in [0.1, 0.15) is 57.4 Å². The van der Waals surface area contributed by atoms with E-state index in [0.717, 1.165) is 38.5 Å². The van der Waals surface area contributed by atoms with E-state index in [1.807, 2.05) is 43.3 Å². The van der Waals surface area contributed by atoms with Crippen molar-refractivity contribution in [2.24, 2.45) is 0 Å². The lowest BCUT2D eigenvalue weighted by Crippen LogP contribution is -2.03. The Hall–Kier alpha value is -1.90. The number of benzene rings is 1. The number of allylic oxidation sites excluding steroid dienone is 2. The average molecular weight is 316 g/mol. The molecule has 0 bridgehead atoms. The summed E-state index contributed by atoms with van der Waals surface area (Å²) in [6.45, 7) is 2.29. The zero-order valence-electron chi connectivity index (χ0n) is 14.1. The van der Waals surface area contributed by atoms with E-state index in [1.54, 1.807) is 6.08 Å². The molecule has 0 saturated heterocycles. The predicted molar refractivity (Wildman–Crippen MR) is 93.2 cm³/mol. The van der Waals surface area contributed by atoms with Gasteiger partial charge in [0.1, 0.15) is 0 Å². The first-order chi connectivity index (χ1) is 11.2. The summed E-state index contributed by atoms with van der Waals surface area (Å²) in [6.07, 6.45) is 10.6. The zero-order chi connectivity index (χ0) is 16.8. The molecule has 0 radical (unpaired) electrons. The lowest BCUT2D eigenvalue weighted by Gasteiger charge is -2.01. The molecule has 0 N–H and O–H groups in total. The lowest BCUT2D eigenvalue weighted by atomic mass is 10.1. The number of aryl methyl sites for hydroxylation is 1. The molecule has 1 rings (SSSR count). The minimum Gasteiger partial charge on any atom is -0.466 e. The third-order valence-corrected chi connectivity index (χ3v) is 3.61. The summed E-state index contributed by atoms with van der Waals surface area (Å²) in [5.41, 5.74) is 1.20. The molecule has 0 amide bonds. The molecule has 0 saturated carbocycles. The van der Waals surface area contributed by atoms with Gasteiger partial charge in [-0.2, -0.15) is 0 Å². The van der Waals surface area contributed by atoms with Gasteiger partial charge in [0, 0.05) is 12.8 Å². The largest absolute Gasteiger partial charge is 0.466 e. The topological polar surface area (TPSA) is 43.4 Å². The van der Waals surface area contributed by atoms with Crippen LogP contribution in [0, 0.1) is 0 Å². The highest BCUT2D eigenvalue weighted by atomic mass is 16.5. The van der Waals surface area contributed by atoms with E-state index in [1.165, 1.54) is 5.56 Å². The Kier molecular flexibility index (Phi) is 10.5. The Labute approximate surface area is 139 Å². The first-order valence-electron chi connectivity index (χ1n) is 8.61. The molecular formula is C20H28O3.